The fraction of sp³-hybridized carbons (Fsp3) is 0.455. The van der Waals surface area contributed by atoms with Gasteiger partial charge in [0.1, 0.15) is 0 Å². The molecule has 0 atom stereocenters. The minimum absolute atomic E-state index is 0.231. The Morgan fingerprint density at radius 2 is 1.41 bits per heavy atom. The zero-order chi connectivity index (χ0) is 16.8. The molecule has 0 aromatic heterocycles. The molecule has 0 heterocycles. The SMILES string of the molecule is Nc1ccc(NCCCN(C[P+](O)(O)O)C[P+](O)(O)O)cc1. The lowest BCUT2D eigenvalue weighted by atomic mass is 10.3. The summed E-state index contributed by atoms with van der Waals surface area (Å²) in [5.74, 6) is 0. The lowest BCUT2D eigenvalue weighted by Gasteiger charge is -2.20. The topological polar surface area (TPSA) is 163 Å². The third kappa shape index (κ3) is 9.42. The van der Waals surface area contributed by atoms with Crippen molar-refractivity contribution in [1.82, 2.24) is 4.90 Å². The molecule has 11 heteroatoms. The highest BCUT2D eigenvalue weighted by atomic mass is 31.2. The number of nitrogens with one attached hydrogen (secondary N) is 1. The number of anilines is 2. The Kier molecular flexibility index (Phi) is 7.34. The number of nitrogens with zero attached hydrogens (tertiary/aromatic N) is 1. The minimum atomic E-state index is -4.09. The monoisotopic (exact) mass is 355 g/mol. The van der Waals surface area contributed by atoms with Crippen LogP contribution in [0.25, 0.3) is 0 Å². The molecule has 0 bridgehead atoms. The summed E-state index contributed by atoms with van der Waals surface area (Å²) in [4.78, 5) is 55.6. The molecular formula is C11H23N3O6P2+2. The number of rotatable bonds is 9. The molecule has 0 amide bonds. The van der Waals surface area contributed by atoms with E-state index in [2.05, 4.69) is 5.32 Å². The lowest BCUT2D eigenvalue weighted by molar-refractivity contribution is 0.246. The third-order valence-corrected chi connectivity index (χ3v) is 4.23. The van der Waals surface area contributed by atoms with Gasteiger partial charge in [0, 0.05) is 24.5 Å². The van der Waals surface area contributed by atoms with Crippen molar-refractivity contribution >= 4 is 27.3 Å². The van der Waals surface area contributed by atoms with Gasteiger partial charge < -0.3 is 11.1 Å². The van der Waals surface area contributed by atoms with Crippen molar-refractivity contribution in [3.63, 3.8) is 0 Å². The molecule has 0 aliphatic rings. The van der Waals surface area contributed by atoms with Crippen molar-refractivity contribution in [2.24, 2.45) is 0 Å². The minimum Gasteiger partial charge on any atom is -0.399 e. The summed E-state index contributed by atoms with van der Waals surface area (Å²) in [5, 5.41) is 3.11. The Labute approximate surface area is 129 Å². The van der Waals surface area contributed by atoms with E-state index in [0.29, 0.717) is 18.7 Å². The molecule has 0 aliphatic heterocycles. The van der Waals surface area contributed by atoms with Crippen molar-refractivity contribution in [1.29, 1.82) is 0 Å². The molecule has 0 spiro atoms. The summed E-state index contributed by atoms with van der Waals surface area (Å²) in [7, 11) is -8.19. The van der Waals surface area contributed by atoms with Crippen LogP contribution in [0.1, 0.15) is 6.42 Å². The molecule has 0 saturated heterocycles. The first-order chi connectivity index (χ1) is 10.1. The van der Waals surface area contributed by atoms with Gasteiger partial charge in [-0.2, -0.15) is 29.4 Å². The zero-order valence-corrected chi connectivity index (χ0v) is 13.7. The number of benzene rings is 1. The Morgan fingerprint density at radius 3 is 1.86 bits per heavy atom. The molecule has 1 rings (SSSR count). The fourth-order valence-corrected chi connectivity index (χ4v) is 3.57. The number of nitrogen functional groups attached to an aromatic ring is 1. The molecule has 0 radical (unpaired) electrons. The van der Waals surface area contributed by atoms with Gasteiger partial charge in [-0.25, -0.2) is 4.90 Å². The maximum atomic E-state index is 9.07. The fourth-order valence-electron chi connectivity index (χ4n) is 1.86. The summed E-state index contributed by atoms with van der Waals surface area (Å²) < 4.78 is 0. The molecule has 1 aromatic rings. The van der Waals surface area contributed by atoms with E-state index in [4.69, 9.17) is 35.1 Å². The van der Waals surface area contributed by atoms with Crippen LogP contribution < -0.4 is 11.1 Å². The highest BCUT2D eigenvalue weighted by molar-refractivity contribution is 7.59. The second kappa shape index (κ2) is 8.31. The van der Waals surface area contributed by atoms with Crippen molar-refractivity contribution < 1.29 is 29.4 Å². The Hall–Kier alpha value is -0.600. The zero-order valence-electron chi connectivity index (χ0n) is 11.9. The van der Waals surface area contributed by atoms with Gasteiger partial charge in [0.2, 0.25) is 0 Å². The second-order valence-corrected chi connectivity index (χ2v) is 8.30. The standard InChI is InChI=1S/C11H23N3O6P2/c12-10-2-4-11(5-3-10)13-6-1-7-14(8-21(15,16)17)9-22(18,19)20/h2-5,13,15-20H,1,6-9,12H2/q+2. The van der Waals surface area contributed by atoms with Crippen molar-refractivity contribution in [3.8, 4) is 0 Å². The maximum absolute atomic E-state index is 9.07. The number of hydrogen-bond donors (Lipinski definition) is 8. The summed E-state index contributed by atoms with van der Waals surface area (Å²) in [6.07, 6.45) is -0.541. The highest BCUT2D eigenvalue weighted by Crippen LogP contribution is 2.49. The average molecular weight is 355 g/mol. The quantitative estimate of drug-likeness (QED) is 0.170. The molecule has 9 nitrogen and oxygen atoms in total. The Morgan fingerprint density at radius 1 is 0.909 bits per heavy atom. The lowest BCUT2D eigenvalue weighted by Crippen LogP contribution is -2.30. The average Bonchev–Trinajstić information content (AvgIpc) is 2.32. The van der Waals surface area contributed by atoms with Crippen LogP contribution >= 0.6 is 15.9 Å². The second-order valence-electron chi connectivity index (χ2n) is 4.96. The van der Waals surface area contributed by atoms with Gasteiger partial charge in [0.25, 0.3) is 0 Å². The van der Waals surface area contributed by atoms with Crippen LogP contribution in [0.15, 0.2) is 24.3 Å². The third-order valence-electron chi connectivity index (χ3n) is 2.67. The predicted molar refractivity (Wildman–Crippen MR) is 87.6 cm³/mol. The Balaban J connectivity index is 2.40. The molecule has 0 fully saturated rings. The molecule has 0 saturated carbocycles. The van der Waals surface area contributed by atoms with Gasteiger partial charge in [-0.1, -0.05) is 0 Å². The first-order valence-electron chi connectivity index (χ1n) is 6.49. The molecule has 0 aliphatic carbocycles. The molecule has 126 valence electrons. The first kappa shape index (κ1) is 19.4. The molecule has 22 heavy (non-hydrogen) atoms. The molecular weight excluding hydrogens is 332 g/mol. The van der Waals surface area contributed by atoms with E-state index in [-0.39, 0.29) is 6.54 Å². The first-order valence-corrected chi connectivity index (χ1v) is 10.2. The van der Waals surface area contributed by atoms with Gasteiger partial charge in [0.05, 0.1) is 0 Å². The van der Waals surface area contributed by atoms with E-state index in [9.17, 15) is 0 Å². The molecule has 0 unspecified atom stereocenters. The van der Waals surface area contributed by atoms with Crippen LogP contribution in [-0.4, -0.2) is 59.9 Å². The van der Waals surface area contributed by atoms with Gasteiger partial charge >= 0.3 is 15.9 Å². The van der Waals surface area contributed by atoms with Gasteiger partial charge in [-0.15, -0.1) is 0 Å². The van der Waals surface area contributed by atoms with Crippen molar-refractivity contribution in [3.05, 3.63) is 24.3 Å². The normalized spacial score (nSPS) is 12.7. The summed E-state index contributed by atoms with van der Waals surface area (Å²) in [5.41, 5.74) is 7.08. The van der Waals surface area contributed by atoms with Crippen LogP contribution in [0, 0.1) is 0 Å². The van der Waals surface area contributed by atoms with Crippen molar-refractivity contribution in [2.75, 3.05) is 36.7 Å². The van der Waals surface area contributed by atoms with Crippen LogP contribution in [-0.2, 0) is 0 Å². The van der Waals surface area contributed by atoms with E-state index < -0.39 is 28.5 Å². The van der Waals surface area contributed by atoms with Crippen LogP contribution in [0.4, 0.5) is 11.4 Å². The van der Waals surface area contributed by atoms with Crippen LogP contribution in [0.5, 0.6) is 0 Å². The Bertz CT molecular complexity index is 433. The van der Waals surface area contributed by atoms with E-state index >= 15 is 0 Å². The number of hydrogen-bond acceptors (Lipinski definition) is 9. The smallest absolute Gasteiger partial charge is 0.399 e. The predicted octanol–water partition coefficient (Wildman–Crippen LogP) is -0.233. The van der Waals surface area contributed by atoms with Crippen LogP contribution in [0.2, 0.25) is 0 Å². The van der Waals surface area contributed by atoms with Crippen molar-refractivity contribution in [2.45, 2.75) is 6.42 Å². The largest absolute Gasteiger partial charge is 0.419 e. The maximum Gasteiger partial charge on any atom is 0.419 e. The van der Waals surface area contributed by atoms with E-state index in [1.54, 1.807) is 12.1 Å². The van der Waals surface area contributed by atoms with Gasteiger partial charge in [0.15, 0.2) is 12.6 Å². The summed E-state index contributed by atoms with van der Waals surface area (Å²) in [6, 6.07) is 7.12. The highest BCUT2D eigenvalue weighted by Gasteiger charge is 2.40. The molecule has 9 N–H and O–H groups in total. The summed E-state index contributed by atoms with van der Waals surface area (Å²) in [6.45, 7) is 0.761. The van der Waals surface area contributed by atoms with E-state index in [1.807, 2.05) is 12.1 Å². The van der Waals surface area contributed by atoms with Crippen LogP contribution in [0.3, 0.4) is 0 Å². The van der Waals surface area contributed by atoms with Gasteiger partial charge in [-0.3, -0.25) is 0 Å². The summed E-state index contributed by atoms with van der Waals surface area (Å²) >= 11 is 0. The molecule has 1 aromatic carbocycles. The number of nitrogens with two attached hydrogens (primary N) is 1. The van der Waals surface area contributed by atoms with E-state index in [1.165, 1.54) is 4.90 Å². The van der Waals surface area contributed by atoms with E-state index in [0.717, 1.165) is 5.69 Å². The van der Waals surface area contributed by atoms with Gasteiger partial charge in [-0.05, 0) is 30.7 Å².